The Morgan fingerprint density at radius 3 is 2.41 bits per heavy atom. The molecule has 100 valence electrons. The van der Waals surface area contributed by atoms with Crippen molar-refractivity contribution in [2.45, 2.75) is 52.9 Å². The fraction of sp³-hybridized carbons (Fsp3) is 0.929. The summed E-state index contributed by atoms with van der Waals surface area (Å²) in [6.45, 7) is 8.76. The van der Waals surface area contributed by atoms with Crippen LogP contribution in [0.1, 0.15) is 52.9 Å². The normalized spacial score (nSPS) is 24.7. The lowest BCUT2D eigenvalue weighted by Crippen LogP contribution is -2.38. The van der Waals surface area contributed by atoms with Crippen molar-refractivity contribution in [2.75, 3.05) is 13.1 Å². The topological polar surface area (TPSA) is 24.1 Å². The molecule has 1 fully saturated rings. The largest absolute Gasteiger partial charge is 0.363 e. The Bertz CT molecular complexity index is 220. The van der Waals surface area contributed by atoms with E-state index in [1.807, 2.05) is 0 Å². The first kappa shape index (κ1) is 14.7. The number of rotatable bonds is 5. The molecule has 1 saturated carbocycles. The van der Waals surface area contributed by atoms with Crippen LogP contribution in [-0.2, 0) is 0 Å². The van der Waals surface area contributed by atoms with E-state index in [-0.39, 0.29) is 0 Å². The average Bonchev–Trinajstić information content (AvgIpc) is 2.29. The second-order valence-corrected chi connectivity index (χ2v) is 6.35. The van der Waals surface area contributed by atoms with Gasteiger partial charge in [-0.1, -0.05) is 46.5 Å². The SMILES string of the molecule is CC(C)CNC(=S)NCCC1CCC(C)CC1. The average molecular weight is 256 g/mol. The maximum Gasteiger partial charge on any atom is 0.166 e. The Morgan fingerprint density at radius 1 is 1.18 bits per heavy atom. The van der Waals surface area contributed by atoms with Crippen molar-refractivity contribution in [3.8, 4) is 0 Å². The first-order valence-corrected chi connectivity index (χ1v) is 7.50. The molecule has 2 N–H and O–H groups in total. The Kier molecular flexibility index (Phi) is 6.86. The van der Waals surface area contributed by atoms with Gasteiger partial charge in [-0.15, -0.1) is 0 Å². The second kappa shape index (κ2) is 7.91. The third-order valence-electron chi connectivity index (χ3n) is 3.64. The van der Waals surface area contributed by atoms with Crippen LogP contribution in [0.5, 0.6) is 0 Å². The fourth-order valence-corrected chi connectivity index (χ4v) is 2.55. The van der Waals surface area contributed by atoms with E-state index >= 15 is 0 Å². The molecule has 1 aliphatic carbocycles. The molecule has 2 nitrogen and oxygen atoms in total. The molecule has 1 aliphatic rings. The molecule has 0 heterocycles. The van der Waals surface area contributed by atoms with Gasteiger partial charge in [0.1, 0.15) is 0 Å². The van der Waals surface area contributed by atoms with Crippen molar-refractivity contribution in [3.05, 3.63) is 0 Å². The highest BCUT2D eigenvalue weighted by Gasteiger charge is 2.17. The van der Waals surface area contributed by atoms with Crippen LogP contribution >= 0.6 is 12.2 Å². The summed E-state index contributed by atoms with van der Waals surface area (Å²) in [7, 11) is 0. The number of hydrogen-bond acceptors (Lipinski definition) is 1. The zero-order valence-corrected chi connectivity index (χ0v) is 12.4. The maximum atomic E-state index is 5.24. The Hall–Kier alpha value is -0.310. The molecule has 0 aliphatic heterocycles. The number of hydrogen-bond donors (Lipinski definition) is 2. The molecule has 0 aromatic rings. The number of thiocarbonyl (C=S) groups is 1. The lowest BCUT2D eigenvalue weighted by Gasteiger charge is -2.26. The predicted molar refractivity (Wildman–Crippen MR) is 79.2 cm³/mol. The third-order valence-corrected chi connectivity index (χ3v) is 3.93. The lowest BCUT2D eigenvalue weighted by molar-refractivity contribution is 0.278. The van der Waals surface area contributed by atoms with E-state index in [2.05, 4.69) is 31.4 Å². The van der Waals surface area contributed by atoms with E-state index in [1.165, 1.54) is 32.1 Å². The molecule has 17 heavy (non-hydrogen) atoms. The minimum absolute atomic E-state index is 0.648. The first-order chi connectivity index (χ1) is 8.08. The number of nitrogens with one attached hydrogen (secondary N) is 2. The zero-order valence-electron chi connectivity index (χ0n) is 11.6. The minimum atomic E-state index is 0.648. The standard InChI is InChI=1S/C14H28N2S/c1-11(2)10-16-14(17)15-9-8-13-6-4-12(3)5-7-13/h11-13H,4-10H2,1-3H3,(H2,15,16,17). The van der Waals surface area contributed by atoms with Gasteiger partial charge in [0.2, 0.25) is 0 Å². The van der Waals surface area contributed by atoms with Crippen LogP contribution in [-0.4, -0.2) is 18.2 Å². The summed E-state index contributed by atoms with van der Waals surface area (Å²) >= 11 is 5.24. The molecule has 0 aromatic carbocycles. The van der Waals surface area contributed by atoms with Crippen molar-refractivity contribution >= 4 is 17.3 Å². The van der Waals surface area contributed by atoms with E-state index in [0.29, 0.717) is 5.92 Å². The molecule has 1 rings (SSSR count). The van der Waals surface area contributed by atoms with E-state index < -0.39 is 0 Å². The molecule has 0 radical (unpaired) electrons. The fourth-order valence-electron chi connectivity index (χ4n) is 2.37. The predicted octanol–water partition coefficient (Wildman–Crippen LogP) is 3.32. The Morgan fingerprint density at radius 2 is 1.82 bits per heavy atom. The Labute approximate surface area is 112 Å². The molecule has 0 unspecified atom stereocenters. The highest BCUT2D eigenvalue weighted by molar-refractivity contribution is 7.80. The van der Waals surface area contributed by atoms with E-state index in [4.69, 9.17) is 12.2 Å². The summed E-state index contributed by atoms with van der Waals surface area (Å²) in [4.78, 5) is 0. The van der Waals surface area contributed by atoms with Gasteiger partial charge in [-0.05, 0) is 36.4 Å². The van der Waals surface area contributed by atoms with Gasteiger partial charge in [0.15, 0.2) is 5.11 Å². The summed E-state index contributed by atoms with van der Waals surface area (Å²) in [5.74, 6) is 2.52. The van der Waals surface area contributed by atoms with Crippen LogP contribution in [0.25, 0.3) is 0 Å². The van der Waals surface area contributed by atoms with Crippen molar-refractivity contribution in [2.24, 2.45) is 17.8 Å². The maximum absolute atomic E-state index is 5.24. The summed E-state index contributed by atoms with van der Waals surface area (Å²) in [6.07, 6.45) is 6.93. The molecule has 3 heteroatoms. The van der Waals surface area contributed by atoms with Gasteiger partial charge < -0.3 is 10.6 Å². The molecule has 0 atom stereocenters. The van der Waals surface area contributed by atoms with Gasteiger partial charge in [0.05, 0.1) is 0 Å². The van der Waals surface area contributed by atoms with E-state index in [0.717, 1.165) is 30.0 Å². The molecular weight excluding hydrogens is 228 g/mol. The van der Waals surface area contributed by atoms with Gasteiger partial charge >= 0.3 is 0 Å². The van der Waals surface area contributed by atoms with E-state index in [1.54, 1.807) is 0 Å². The molecule has 0 spiro atoms. The molecule has 0 bridgehead atoms. The van der Waals surface area contributed by atoms with Crippen molar-refractivity contribution < 1.29 is 0 Å². The highest BCUT2D eigenvalue weighted by atomic mass is 32.1. The van der Waals surface area contributed by atoms with Gasteiger partial charge in [-0.2, -0.15) is 0 Å². The second-order valence-electron chi connectivity index (χ2n) is 5.95. The van der Waals surface area contributed by atoms with Crippen LogP contribution < -0.4 is 10.6 Å². The highest BCUT2D eigenvalue weighted by Crippen LogP contribution is 2.29. The van der Waals surface area contributed by atoms with Gasteiger partial charge in [0.25, 0.3) is 0 Å². The first-order valence-electron chi connectivity index (χ1n) is 7.09. The van der Waals surface area contributed by atoms with Crippen molar-refractivity contribution in [1.82, 2.24) is 10.6 Å². The van der Waals surface area contributed by atoms with Crippen LogP contribution in [0.2, 0.25) is 0 Å². The molecule has 0 aromatic heterocycles. The zero-order chi connectivity index (χ0) is 12.7. The van der Waals surface area contributed by atoms with Crippen LogP contribution in [0, 0.1) is 17.8 Å². The monoisotopic (exact) mass is 256 g/mol. The van der Waals surface area contributed by atoms with Gasteiger partial charge in [-0.25, -0.2) is 0 Å². The van der Waals surface area contributed by atoms with Gasteiger partial charge in [-0.3, -0.25) is 0 Å². The van der Waals surface area contributed by atoms with Crippen LogP contribution in [0.3, 0.4) is 0 Å². The smallest absolute Gasteiger partial charge is 0.166 e. The summed E-state index contributed by atoms with van der Waals surface area (Å²) in [5, 5.41) is 7.39. The minimum Gasteiger partial charge on any atom is -0.363 e. The quantitative estimate of drug-likeness (QED) is 0.738. The summed E-state index contributed by atoms with van der Waals surface area (Å²) in [5.41, 5.74) is 0. The van der Waals surface area contributed by atoms with E-state index in [9.17, 15) is 0 Å². The third kappa shape index (κ3) is 6.87. The summed E-state index contributed by atoms with van der Waals surface area (Å²) < 4.78 is 0. The molecule has 0 saturated heterocycles. The lowest BCUT2D eigenvalue weighted by atomic mass is 9.81. The molecule has 0 amide bonds. The van der Waals surface area contributed by atoms with Crippen LogP contribution in [0.15, 0.2) is 0 Å². The molecular formula is C14H28N2S. The Balaban J connectivity index is 2.01. The van der Waals surface area contributed by atoms with Crippen molar-refractivity contribution in [3.63, 3.8) is 0 Å². The van der Waals surface area contributed by atoms with Crippen molar-refractivity contribution in [1.29, 1.82) is 0 Å². The van der Waals surface area contributed by atoms with Gasteiger partial charge in [0, 0.05) is 13.1 Å². The summed E-state index contributed by atoms with van der Waals surface area (Å²) in [6, 6.07) is 0. The van der Waals surface area contributed by atoms with Crippen LogP contribution in [0.4, 0.5) is 0 Å².